The first kappa shape index (κ1) is 31.8. The molecule has 1 spiro atoms. The number of methoxy groups -OCH3 is 2. The molecule has 12 nitrogen and oxygen atoms in total. The van der Waals surface area contributed by atoms with Crippen LogP contribution in [-0.4, -0.2) is 83.3 Å². The van der Waals surface area contributed by atoms with Crippen molar-refractivity contribution in [1.82, 2.24) is 4.31 Å². The molecule has 2 aliphatic carbocycles. The van der Waals surface area contributed by atoms with Crippen LogP contribution in [0.3, 0.4) is 0 Å². The first-order chi connectivity index (χ1) is 19.6. The summed E-state index contributed by atoms with van der Waals surface area (Å²) in [5.41, 5.74) is -0.461. The number of benzene rings is 1. The molecule has 230 valence electrons. The van der Waals surface area contributed by atoms with Crippen molar-refractivity contribution in [2.24, 2.45) is 23.2 Å². The molecule has 3 unspecified atom stereocenters. The molecule has 1 aromatic rings. The zero-order valence-corrected chi connectivity index (χ0v) is 24.9. The van der Waals surface area contributed by atoms with Crippen LogP contribution in [-0.2, 0) is 38.5 Å². The van der Waals surface area contributed by atoms with Gasteiger partial charge in [0.15, 0.2) is 0 Å². The van der Waals surface area contributed by atoms with Gasteiger partial charge >= 0.3 is 5.97 Å². The van der Waals surface area contributed by atoms with Crippen molar-refractivity contribution in [3.63, 3.8) is 0 Å². The number of hydrogen-bond donors (Lipinski definition) is 0. The molecule has 0 aromatic heterocycles. The molecule has 1 saturated heterocycles. The summed E-state index contributed by atoms with van der Waals surface area (Å²) in [5.74, 6) is 0.147. The van der Waals surface area contributed by atoms with E-state index in [-0.39, 0.29) is 65.5 Å². The smallest absolute Gasteiger partial charge is 0.302 e. The van der Waals surface area contributed by atoms with E-state index in [9.17, 15) is 23.3 Å². The highest BCUT2D eigenvalue weighted by atomic mass is 32.2. The molecule has 41 heavy (non-hydrogen) atoms. The Morgan fingerprint density at radius 2 is 1.78 bits per heavy atom. The maximum Gasteiger partial charge on any atom is 0.302 e. The van der Waals surface area contributed by atoms with Crippen LogP contribution in [0.4, 0.5) is 5.69 Å². The van der Waals surface area contributed by atoms with Crippen molar-refractivity contribution in [3.8, 4) is 0 Å². The van der Waals surface area contributed by atoms with Crippen molar-refractivity contribution in [3.05, 3.63) is 34.4 Å². The standard InChI is InChI=1S/C28H42N2O10S/c1-20(31)40-26-16-22-14-21(17-38-18-36-2)15-27(39-19-37-3)28(22)11-5-13-29(12-4-6-25(26)28)41(34,35)24-9-7-23(8-10-24)30(32)33/h7-10,21-22,25-27H,4-6,11-19H2,1-3H3/t21?,22-,25+,26-,27?,28?/m0/s1. The summed E-state index contributed by atoms with van der Waals surface area (Å²) in [6.45, 7) is 2.95. The Hall–Kier alpha value is -2.16. The van der Waals surface area contributed by atoms with E-state index in [1.54, 1.807) is 14.2 Å². The second kappa shape index (κ2) is 13.9. The SMILES string of the molecule is COCOCC1CC(OCOC)C23CCCN(S(=O)(=O)c4ccc([N+](=O)[O-])cc4)CCC[C@@H]2[C@@H](OC(C)=O)C[C@@H]3C1. The van der Waals surface area contributed by atoms with Gasteiger partial charge in [0.05, 0.1) is 22.5 Å². The van der Waals surface area contributed by atoms with Gasteiger partial charge in [-0.2, -0.15) is 4.31 Å². The van der Waals surface area contributed by atoms with E-state index < -0.39 is 14.9 Å². The summed E-state index contributed by atoms with van der Waals surface area (Å²) >= 11 is 0. The second-order valence-corrected chi connectivity index (χ2v) is 13.3. The molecule has 0 bridgehead atoms. The molecule has 1 aromatic carbocycles. The fraction of sp³-hybridized carbons (Fsp3) is 0.750. The van der Waals surface area contributed by atoms with Crippen LogP contribution in [0.5, 0.6) is 0 Å². The van der Waals surface area contributed by atoms with Crippen LogP contribution < -0.4 is 0 Å². The van der Waals surface area contributed by atoms with Gasteiger partial charge in [-0.05, 0) is 68.9 Å². The third kappa shape index (κ3) is 6.91. The molecule has 0 N–H and O–H groups in total. The highest BCUT2D eigenvalue weighted by Gasteiger charge is 2.62. The number of nitro benzene ring substituents is 1. The first-order valence-corrected chi connectivity index (χ1v) is 15.7. The van der Waals surface area contributed by atoms with Crippen molar-refractivity contribution >= 4 is 21.7 Å². The van der Waals surface area contributed by atoms with E-state index in [1.807, 2.05) is 0 Å². The van der Waals surface area contributed by atoms with Crippen LogP contribution in [0.2, 0.25) is 0 Å². The van der Waals surface area contributed by atoms with E-state index in [1.165, 1.54) is 35.5 Å². The van der Waals surface area contributed by atoms with Gasteiger partial charge in [-0.25, -0.2) is 8.42 Å². The molecular weight excluding hydrogens is 556 g/mol. The van der Waals surface area contributed by atoms with Gasteiger partial charge in [0.1, 0.15) is 19.7 Å². The highest BCUT2D eigenvalue weighted by molar-refractivity contribution is 7.89. The zero-order valence-electron chi connectivity index (χ0n) is 24.1. The molecule has 4 rings (SSSR count). The summed E-state index contributed by atoms with van der Waals surface area (Å²) in [6, 6.07) is 5.02. The van der Waals surface area contributed by atoms with Crippen molar-refractivity contribution < 1.29 is 41.8 Å². The molecular formula is C28H42N2O10S. The van der Waals surface area contributed by atoms with E-state index in [0.717, 1.165) is 19.3 Å². The number of sulfonamides is 1. The van der Waals surface area contributed by atoms with Crippen LogP contribution in [0, 0.1) is 33.3 Å². The molecule has 0 amide bonds. The number of hydrogen-bond acceptors (Lipinski definition) is 10. The normalized spacial score (nSPS) is 30.9. The minimum atomic E-state index is -3.85. The lowest BCUT2D eigenvalue weighted by Gasteiger charge is -2.51. The molecule has 2 saturated carbocycles. The lowest BCUT2D eigenvalue weighted by Crippen LogP contribution is -2.51. The summed E-state index contributed by atoms with van der Waals surface area (Å²) in [5, 5.41) is 11.1. The van der Waals surface area contributed by atoms with Crippen molar-refractivity contribution in [2.75, 3.05) is 47.5 Å². The number of carbonyl (C=O) groups excluding carboxylic acids is 1. The van der Waals surface area contributed by atoms with E-state index >= 15 is 0 Å². The Balaban J connectivity index is 1.61. The van der Waals surface area contributed by atoms with Gasteiger partial charge in [0.2, 0.25) is 10.0 Å². The van der Waals surface area contributed by atoms with Gasteiger partial charge in [0, 0.05) is 57.7 Å². The zero-order chi connectivity index (χ0) is 29.6. The Morgan fingerprint density at radius 3 is 2.44 bits per heavy atom. The van der Waals surface area contributed by atoms with Crippen LogP contribution in [0.15, 0.2) is 29.2 Å². The summed E-state index contributed by atoms with van der Waals surface area (Å²) in [6.07, 6.45) is 4.54. The average molecular weight is 599 g/mol. The Bertz CT molecular complexity index is 1150. The van der Waals surface area contributed by atoms with E-state index in [2.05, 4.69) is 0 Å². The van der Waals surface area contributed by atoms with Gasteiger partial charge < -0.3 is 23.7 Å². The highest BCUT2D eigenvalue weighted by Crippen LogP contribution is 2.62. The predicted octanol–water partition coefficient (Wildman–Crippen LogP) is 3.73. The largest absolute Gasteiger partial charge is 0.462 e. The number of non-ortho nitro benzene ring substituents is 1. The second-order valence-electron chi connectivity index (χ2n) is 11.4. The Kier molecular flexibility index (Phi) is 10.8. The summed E-state index contributed by atoms with van der Waals surface area (Å²) in [7, 11) is -0.668. The monoisotopic (exact) mass is 598 g/mol. The molecule has 1 aliphatic heterocycles. The fourth-order valence-electron chi connectivity index (χ4n) is 7.60. The Morgan fingerprint density at radius 1 is 1.07 bits per heavy atom. The molecule has 0 radical (unpaired) electrons. The molecule has 13 heteroatoms. The number of esters is 1. The average Bonchev–Trinajstić information content (AvgIpc) is 3.27. The Labute approximate surface area is 241 Å². The van der Waals surface area contributed by atoms with Crippen LogP contribution in [0.25, 0.3) is 0 Å². The number of rotatable bonds is 11. The number of nitrogens with zero attached hydrogens (tertiary/aromatic N) is 2. The quantitative estimate of drug-likeness (QED) is 0.121. The summed E-state index contributed by atoms with van der Waals surface area (Å²) < 4.78 is 57.1. The fourth-order valence-corrected chi connectivity index (χ4v) is 9.11. The van der Waals surface area contributed by atoms with Crippen molar-refractivity contribution in [2.45, 2.75) is 69.0 Å². The van der Waals surface area contributed by atoms with Crippen LogP contribution >= 0.6 is 0 Å². The topological polar surface area (TPSA) is 144 Å². The predicted molar refractivity (Wildman–Crippen MR) is 147 cm³/mol. The molecule has 6 atom stereocenters. The summed E-state index contributed by atoms with van der Waals surface area (Å²) in [4.78, 5) is 22.7. The van der Waals surface area contributed by atoms with Gasteiger partial charge in [-0.15, -0.1) is 0 Å². The van der Waals surface area contributed by atoms with E-state index in [4.69, 9.17) is 23.7 Å². The van der Waals surface area contributed by atoms with Crippen LogP contribution in [0.1, 0.15) is 51.9 Å². The van der Waals surface area contributed by atoms with Gasteiger partial charge in [-0.1, -0.05) is 0 Å². The van der Waals surface area contributed by atoms with Crippen molar-refractivity contribution in [1.29, 1.82) is 0 Å². The maximum atomic E-state index is 13.6. The van der Waals surface area contributed by atoms with Gasteiger partial charge in [-0.3, -0.25) is 14.9 Å². The minimum absolute atomic E-state index is 0.0149. The lowest BCUT2D eigenvalue weighted by atomic mass is 9.57. The number of ether oxygens (including phenoxy) is 5. The maximum absolute atomic E-state index is 13.6. The molecule has 3 aliphatic rings. The third-order valence-electron chi connectivity index (χ3n) is 9.07. The first-order valence-electron chi connectivity index (χ1n) is 14.2. The molecule has 3 fully saturated rings. The van der Waals surface area contributed by atoms with E-state index in [0.29, 0.717) is 45.4 Å². The number of carbonyl (C=O) groups is 1. The lowest BCUT2D eigenvalue weighted by molar-refractivity contribution is -0.384. The van der Waals surface area contributed by atoms with Gasteiger partial charge in [0.25, 0.3) is 5.69 Å². The molecule has 1 heterocycles. The minimum Gasteiger partial charge on any atom is -0.462 e. The number of nitro groups is 1. The third-order valence-corrected chi connectivity index (χ3v) is 11.0.